The standard InChI is InChI=1S/C27H22Br2FNO3/c1-3-33-27(32)18-5-4-6-22(13-18)31-17(2)7-11-25(31)23-14-20(28)9-12-26(23)34-16-19-8-10-21(30)15-24(19)29/h4-15H,3,16H2,1-2H3. The number of esters is 1. The maximum Gasteiger partial charge on any atom is 0.338 e. The molecule has 0 unspecified atom stereocenters. The molecule has 0 N–H and O–H groups in total. The van der Waals surface area contributed by atoms with Crippen molar-refractivity contribution in [2.45, 2.75) is 20.5 Å². The second-order valence-corrected chi connectivity index (χ2v) is 9.40. The summed E-state index contributed by atoms with van der Waals surface area (Å²) in [6, 6.07) is 21.8. The molecule has 0 atom stereocenters. The Hall–Kier alpha value is -2.90. The first kappa shape index (κ1) is 24.2. The summed E-state index contributed by atoms with van der Waals surface area (Å²) in [6.45, 7) is 4.39. The highest BCUT2D eigenvalue weighted by molar-refractivity contribution is 9.10. The van der Waals surface area contributed by atoms with Crippen LogP contribution in [0.3, 0.4) is 0 Å². The highest BCUT2D eigenvalue weighted by atomic mass is 79.9. The van der Waals surface area contributed by atoms with E-state index in [9.17, 15) is 9.18 Å². The van der Waals surface area contributed by atoms with Gasteiger partial charge in [-0.05, 0) is 74.5 Å². The number of carbonyl (C=O) groups excluding carboxylic acids is 1. The van der Waals surface area contributed by atoms with E-state index in [0.29, 0.717) is 22.4 Å². The molecule has 0 radical (unpaired) electrons. The number of rotatable bonds is 7. The minimum Gasteiger partial charge on any atom is -0.488 e. The maximum atomic E-state index is 13.5. The topological polar surface area (TPSA) is 40.5 Å². The van der Waals surface area contributed by atoms with Crippen molar-refractivity contribution in [2.75, 3.05) is 6.61 Å². The lowest BCUT2D eigenvalue weighted by atomic mass is 10.1. The van der Waals surface area contributed by atoms with Gasteiger partial charge < -0.3 is 14.0 Å². The molecule has 0 aliphatic rings. The van der Waals surface area contributed by atoms with Crippen LogP contribution in [0.25, 0.3) is 16.9 Å². The summed E-state index contributed by atoms with van der Waals surface area (Å²) in [5, 5.41) is 0. The molecule has 1 aromatic heterocycles. The quantitative estimate of drug-likeness (QED) is 0.207. The molecule has 0 aliphatic carbocycles. The van der Waals surface area contributed by atoms with E-state index in [0.717, 1.165) is 32.7 Å². The van der Waals surface area contributed by atoms with Gasteiger partial charge in [0.15, 0.2) is 0 Å². The van der Waals surface area contributed by atoms with Gasteiger partial charge in [-0.2, -0.15) is 0 Å². The van der Waals surface area contributed by atoms with Crippen molar-refractivity contribution in [3.05, 3.63) is 104 Å². The SMILES string of the molecule is CCOC(=O)c1cccc(-n2c(C)ccc2-c2cc(Br)ccc2OCc2ccc(F)cc2Br)c1. The summed E-state index contributed by atoms with van der Waals surface area (Å²) in [5.41, 5.74) is 4.96. The Labute approximate surface area is 214 Å². The lowest BCUT2D eigenvalue weighted by molar-refractivity contribution is 0.0526. The molecule has 4 aromatic rings. The van der Waals surface area contributed by atoms with Gasteiger partial charge in [0.2, 0.25) is 0 Å². The zero-order valence-corrected chi connectivity index (χ0v) is 21.8. The van der Waals surface area contributed by atoms with Gasteiger partial charge in [-0.1, -0.05) is 44.0 Å². The second kappa shape index (κ2) is 10.6. The van der Waals surface area contributed by atoms with Crippen molar-refractivity contribution in [2.24, 2.45) is 0 Å². The number of hydrogen-bond donors (Lipinski definition) is 0. The predicted octanol–water partition coefficient (Wildman–Crippen LogP) is 7.87. The van der Waals surface area contributed by atoms with Crippen LogP contribution in [0, 0.1) is 12.7 Å². The van der Waals surface area contributed by atoms with Gasteiger partial charge in [0.05, 0.1) is 17.9 Å². The molecule has 174 valence electrons. The van der Waals surface area contributed by atoms with Gasteiger partial charge in [-0.25, -0.2) is 9.18 Å². The van der Waals surface area contributed by atoms with Crippen LogP contribution < -0.4 is 4.74 Å². The fourth-order valence-electron chi connectivity index (χ4n) is 3.70. The first-order valence-electron chi connectivity index (χ1n) is 10.7. The van der Waals surface area contributed by atoms with E-state index >= 15 is 0 Å². The molecule has 4 nitrogen and oxygen atoms in total. The normalized spacial score (nSPS) is 10.9. The summed E-state index contributed by atoms with van der Waals surface area (Å²) in [5.74, 6) is 0.0192. The molecule has 34 heavy (non-hydrogen) atoms. The van der Waals surface area contributed by atoms with Gasteiger partial charge >= 0.3 is 5.97 Å². The van der Waals surface area contributed by atoms with Gasteiger partial charge in [-0.3, -0.25) is 0 Å². The lowest BCUT2D eigenvalue weighted by Gasteiger charge is -2.17. The van der Waals surface area contributed by atoms with Gasteiger partial charge in [0.25, 0.3) is 0 Å². The summed E-state index contributed by atoms with van der Waals surface area (Å²) in [6.07, 6.45) is 0. The van der Waals surface area contributed by atoms with Crippen LogP contribution in [0.2, 0.25) is 0 Å². The van der Waals surface area contributed by atoms with Gasteiger partial charge in [-0.15, -0.1) is 0 Å². The van der Waals surface area contributed by atoms with E-state index in [2.05, 4.69) is 36.4 Å². The number of carbonyl (C=O) groups is 1. The van der Waals surface area contributed by atoms with Crippen molar-refractivity contribution in [3.8, 4) is 22.7 Å². The largest absolute Gasteiger partial charge is 0.488 e. The van der Waals surface area contributed by atoms with Crippen molar-refractivity contribution >= 4 is 37.8 Å². The summed E-state index contributed by atoms with van der Waals surface area (Å²) < 4.78 is 28.5. The minimum atomic E-state index is -0.355. The van der Waals surface area contributed by atoms with E-state index in [1.165, 1.54) is 12.1 Å². The number of hydrogen-bond acceptors (Lipinski definition) is 3. The van der Waals surface area contributed by atoms with Crippen molar-refractivity contribution in [1.82, 2.24) is 4.57 Å². The fraction of sp³-hybridized carbons (Fsp3) is 0.148. The molecule has 0 saturated heterocycles. The number of benzene rings is 3. The van der Waals surface area contributed by atoms with Crippen LogP contribution in [-0.2, 0) is 11.3 Å². The molecular formula is C27H22Br2FNO3. The van der Waals surface area contributed by atoms with E-state index in [-0.39, 0.29) is 18.4 Å². The molecule has 0 amide bonds. The van der Waals surface area contributed by atoms with Crippen molar-refractivity contribution < 1.29 is 18.7 Å². The molecule has 7 heteroatoms. The average molecular weight is 587 g/mol. The molecule has 0 bridgehead atoms. The number of ether oxygens (including phenoxy) is 2. The first-order valence-corrected chi connectivity index (χ1v) is 12.3. The summed E-state index contributed by atoms with van der Waals surface area (Å²) in [7, 11) is 0. The fourth-order valence-corrected chi connectivity index (χ4v) is 4.53. The zero-order valence-electron chi connectivity index (χ0n) is 18.6. The molecule has 0 aliphatic heterocycles. The summed E-state index contributed by atoms with van der Waals surface area (Å²) >= 11 is 6.97. The van der Waals surface area contributed by atoms with Crippen LogP contribution in [0.4, 0.5) is 4.39 Å². The highest BCUT2D eigenvalue weighted by Gasteiger charge is 2.17. The van der Waals surface area contributed by atoms with Crippen LogP contribution >= 0.6 is 31.9 Å². The number of aromatic nitrogens is 1. The number of halogens is 3. The third-order valence-corrected chi connectivity index (χ3v) is 6.54. The van der Waals surface area contributed by atoms with Crippen LogP contribution in [-0.4, -0.2) is 17.1 Å². The van der Waals surface area contributed by atoms with E-state index in [1.807, 2.05) is 55.5 Å². The molecule has 1 heterocycles. The Morgan fingerprint density at radius 2 is 1.82 bits per heavy atom. The Morgan fingerprint density at radius 1 is 1.00 bits per heavy atom. The molecule has 4 rings (SSSR count). The predicted molar refractivity (Wildman–Crippen MR) is 138 cm³/mol. The van der Waals surface area contributed by atoms with Crippen LogP contribution in [0.1, 0.15) is 28.5 Å². The van der Waals surface area contributed by atoms with Crippen LogP contribution in [0.5, 0.6) is 5.75 Å². The Kier molecular flexibility index (Phi) is 7.54. The zero-order chi connectivity index (χ0) is 24.2. The van der Waals surface area contributed by atoms with Gasteiger partial charge in [0, 0.05) is 31.5 Å². The Morgan fingerprint density at radius 3 is 2.59 bits per heavy atom. The second-order valence-electron chi connectivity index (χ2n) is 7.63. The van der Waals surface area contributed by atoms with Crippen molar-refractivity contribution in [3.63, 3.8) is 0 Å². The van der Waals surface area contributed by atoms with E-state index in [4.69, 9.17) is 9.47 Å². The smallest absolute Gasteiger partial charge is 0.338 e. The summed E-state index contributed by atoms with van der Waals surface area (Å²) in [4.78, 5) is 12.3. The third kappa shape index (κ3) is 5.26. The molecule has 0 saturated carbocycles. The molecule has 0 fully saturated rings. The maximum absolute atomic E-state index is 13.5. The lowest BCUT2D eigenvalue weighted by Crippen LogP contribution is -2.07. The van der Waals surface area contributed by atoms with E-state index in [1.54, 1.807) is 19.1 Å². The van der Waals surface area contributed by atoms with Crippen LogP contribution in [0.15, 0.2) is 81.7 Å². The Balaban J connectivity index is 1.73. The number of nitrogens with zero attached hydrogens (tertiary/aromatic N) is 1. The average Bonchev–Trinajstić information content (AvgIpc) is 3.20. The molecule has 0 spiro atoms. The van der Waals surface area contributed by atoms with E-state index < -0.39 is 0 Å². The molecular weight excluding hydrogens is 565 g/mol. The third-order valence-electron chi connectivity index (χ3n) is 5.31. The van der Waals surface area contributed by atoms with Gasteiger partial charge in [0.1, 0.15) is 18.2 Å². The monoisotopic (exact) mass is 585 g/mol. The first-order chi connectivity index (χ1) is 16.4. The number of aryl methyl sites for hydroxylation is 1. The van der Waals surface area contributed by atoms with Crippen molar-refractivity contribution in [1.29, 1.82) is 0 Å². The highest BCUT2D eigenvalue weighted by Crippen LogP contribution is 2.36. The molecule has 3 aromatic carbocycles. The minimum absolute atomic E-state index is 0.271. The Bertz CT molecular complexity index is 1350.